The van der Waals surface area contributed by atoms with E-state index in [9.17, 15) is 4.79 Å². The first-order valence-corrected chi connectivity index (χ1v) is 5.43. The van der Waals surface area contributed by atoms with Gasteiger partial charge in [-0.1, -0.05) is 18.2 Å². The molecule has 0 bridgehead atoms. The van der Waals surface area contributed by atoms with Gasteiger partial charge in [-0.15, -0.1) is 0 Å². The van der Waals surface area contributed by atoms with Gasteiger partial charge >= 0.3 is 5.97 Å². The predicted octanol–water partition coefficient (Wildman–Crippen LogP) is 1.05. The minimum atomic E-state index is -0.775. The Bertz CT molecular complexity index is 353. The summed E-state index contributed by atoms with van der Waals surface area (Å²) in [6.07, 6.45) is 1.18. The van der Waals surface area contributed by atoms with E-state index < -0.39 is 5.97 Å². The van der Waals surface area contributed by atoms with Crippen molar-refractivity contribution in [1.29, 1.82) is 0 Å². The largest absolute Gasteiger partial charge is 0.488 e. The molecule has 86 valence electrons. The molecule has 16 heavy (non-hydrogen) atoms. The van der Waals surface area contributed by atoms with Crippen LogP contribution in [0.2, 0.25) is 0 Å². The van der Waals surface area contributed by atoms with Crippen LogP contribution < -0.4 is 10.1 Å². The zero-order chi connectivity index (χ0) is 11.4. The van der Waals surface area contributed by atoms with Crippen LogP contribution in [0, 0.1) is 0 Å². The molecule has 4 nitrogen and oxygen atoms in total. The molecule has 0 fully saturated rings. The minimum Gasteiger partial charge on any atom is -0.488 e. The second-order valence-electron chi connectivity index (χ2n) is 3.90. The van der Waals surface area contributed by atoms with Crippen molar-refractivity contribution < 1.29 is 14.6 Å². The van der Waals surface area contributed by atoms with Gasteiger partial charge < -0.3 is 15.2 Å². The van der Waals surface area contributed by atoms with Crippen LogP contribution in [0.1, 0.15) is 12.0 Å². The average Bonchev–Trinajstić information content (AvgIpc) is 2.66. The molecule has 1 unspecified atom stereocenters. The first-order valence-electron chi connectivity index (χ1n) is 5.43. The lowest BCUT2D eigenvalue weighted by Gasteiger charge is -2.10. The number of carboxylic acid groups (broad SMARTS) is 1. The molecule has 1 aliphatic rings. The highest BCUT2D eigenvalue weighted by molar-refractivity contribution is 5.66. The SMILES string of the molecule is O=C(O)CCNCC1Cc2ccccc2O1. The lowest BCUT2D eigenvalue weighted by atomic mass is 10.1. The highest BCUT2D eigenvalue weighted by Crippen LogP contribution is 2.27. The van der Waals surface area contributed by atoms with E-state index in [0.29, 0.717) is 13.1 Å². The fourth-order valence-corrected chi connectivity index (χ4v) is 1.83. The van der Waals surface area contributed by atoms with Gasteiger partial charge in [0.05, 0.1) is 6.42 Å². The number of hydrogen-bond acceptors (Lipinski definition) is 3. The summed E-state index contributed by atoms with van der Waals surface area (Å²) in [7, 11) is 0. The van der Waals surface area contributed by atoms with Gasteiger partial charge in [-0.3, -0.25) is 4.79 Å². The van der Waals surface area contributed by atoms with Crippen LogP contribution in [0.5, 0.6) is 5.75 Å². The van der Waals surface area contributed by atoms with Gasteiger partial charge in [0.15, 0.2) is 0 Å². The summed E-state index contributed by atoms with van der Waals surface area (Å²) < 4.78 is 5.70. The Morgan fingerprint density at radius 3 is 3.06 bits per heavy atom. The van der Waals surface area contributed by atoms with Crippen LogP contribution in [0.15, 0.2) is 24.3 Å². The van der Waals surface area contributed by atoms with Crippen molar-refractivity contribution in [2.45, 2.75) is 18.9 Å². The highest BCUT2D eigenvalue weighted by Gasteiger charge is 2.21. The highest BCUT2D eigenvalue weighted by atomic mass is 16.5. The molecule has 0 spiro atoms. The van der Waals surface area contributed by atoms with Gasteiger partial charge in [0, 0.05) is 19.5 Å². The van der Waals surface area contributed by atoms with Crippen LogP contribution >= 0.6 is 0 Å². The van der Waals surface area contributed by atoms with Crippen molar-refractivity contribution in [2.24, 2.45) is 0 Å². The Labute approximate surface area is 94.2 Å². The molecule has 1 aromatic rings. The molecule has 1 aliphatic heterocycles. The van der Waals surface area contributed by atoms with E-state index in [2.05, 4.69) is 11.4 Å². The molecule has 1 atom stereocenters. The normalized spacial score (nSPS) is 17.9. The predicted molar refractivity (Wildman–Crippen MR) is 59.7 cm³/mol. The lowest BCUT2D eigenvalue weighted by molar-refractivity contribution is -0.136. The standard InChI is InChI=1S/C12H15NO3/c14-12(15)5-6-13-8-10-7-9-3-1-2-4-11(9)16-10/h1-4,10,13H,5-8H2,(H,14,15). The first kappa shape index (κ1) is 11.0. The van der Waals surface area contributed by atoms with Crippen LogP contribution in [-0.2, 0) is 11.2 Å². The number of carbonyl (C=O) groups is 1. The molecule has 0 radical (unpaired) electrons. The van der Waals surface area contributed by atoms with Crippen molar-refractivity contribution in [1.82, 2.24) is 5.32 Å². The number of nitrogens with one attached hydrogen (secondary N) is 1. The second-order valence-corrected chi connectivity index (χ2v) is 3.90. The van der Waals surface area contributed by atoms with Gasteiger partial charge in [0.1, 0.15) is 11.9 Å². The average molecular weight is 221 g/mol. The molecule has 0 saturated carbocycles. The summed E-state index contributed by atoms with van der Waals surface area (Å²) in [6.45, 7) is 1.19. The van der Waals surface area contributed by atoms with E-state index in [-0.39, 0.29) is 12.5 Å². The fraction of sp³-hybridized carbons (Fsp3) is 0.417. The monoisotopic (exact) mass is 221 g/mol. The van der Waals surface area contributed by atoms with Crippen molar-refractivity contribution in [2.75, 3.05) is 13.1 Å². The summed E-state index contributed by atoms with van der Waals surface area (Å²) in [5.74, 6) is 0.177. The van der Waals surface area contributed by atoms with Crippen LogP contribution in [0.3, 0.4) is 0 Å². The van der Waals surface area contributed by atoms with E-state index >= 15 is 0 Å². The Kier molecular flexibility index (Phi) is 3.41. The minimum absolute atomic E-state index is 0.131. The van der Waals surface area contributed by atoms with Crippen molar-refractivity contribution in [3.05, 3.63) is 29.8 Å². The number of ether oxygens (including phenoxy) is 1. The maximum atomic E-state index is 10.3. The van der Waals surface area contributed by atoms with Crippen LogP contribution in [0.25, 0.3) is 0 Å². The fourth-order valence-electron chi connectivity index (χ4n) is 1.83. The third kappa shape index (κ3) is 2.73. The molecule has 1 aromatic carbocycles. The smallest absolute Gasteiger partial charge is 0.304 e. The van der Waals surface area contributed by atoms with E-state index in [0.717, 1.165) is 12.2 Å². The van der Waals surface area contributed by atoms with Crippen molar-refractivity contribution in [3.8, 4) is 5.75 Å². The summed E-state index contributed by atoms with van der Waals surface area (Å²) in [6, 6.07) is 7.99. The summed E-state index contributed by atoms with van der Waals surface area (Å²) in [5, 5.41) is 11.6. The number of hydrogen-bond donors (Lipinski definition) is 2. The molecule has 0 aromatic heterocycles. The molecular formula is C12H15NO3. The van der Waals surface area contributed by atoms with Crippen LogP contribution in [-0.4, -0.2) is 30.3 Å². The van der Waals surface area contributed by atoms with E-state index in [1.54, 1.807) is 0 Å². The van der Waals surface area contributed by atoms with Gasteiger partial charge in [-0.25, -0.2) is 0 Å². The maximum Gasteiger partial charge on any atom is 0.304 e. The number of rotatable bonds is 5. The zero-order valence-electron chi connectivity index (χ0n) is 8.98. The van der Waals surface area contributed by atoms with Gasteiger partial charge in [-0.2, -0.15) is 0 Å². The Hall–Kier alpha value is -1.55. The van der Waals surface area contributed by atoms with E-state index in [1.165, 1.54) is 5.56 Å². The molecule has 2 rings (SSSR count). The number of benzene rings is 1. The van der Waals surface area contributed by atoms with Gasteiger partial charge in [-0.05, 0) is 11.6 Å². The van der Waals surface area contributed by atoms with E-state index in [1.807, 2.05) is 18.2 Å². The number of aliphatic carboxylic acids is 1. The third-order valence-corrected chi connectivity index (χ3v) is 2.60. The lowest BCUT2D eigenvalue weighted by Crippen LogP contribution is -2.31. The molecular weight excluding hydrogens is 206 g/mol. The Morgan fingerprint density at radius 1 is 1.50 bits per heavy atom. The summed E-state index contributed by atoms with van der Waals surface area (Å²) in [4.78, 5) is 10.3. The summed E-state index contributed by atoms with van der Waals surface area (Å²) in [5.41, 5.74) is 1.23. The topological polar surface area (TPSA) is 58.6 Å². The molecule has 1 heterocycles. The quantitative estimate of drug-likeness (QED) is 0.730. The maximum absolute atomic E-state index is 10.3. The molecule has 0 amide bonds. The Balaban J connectivity index is 1.73. The zero-order valence-corrected chi connectivity index (χ0v) is 8.98. The molecule has 0 saturated heterocycles. The first-order chi connectivity index (χ1) is 7.75. The van der Waals surface area contributed by atoms with Gasteiger partial charge in [0.25, 0.3) is 0 Å². The second kappa shape index (κ2) is 4.99. The number of para-hydroxylation sites is 1. The van der Waals surface area contributed by atoms with E-state index in [4.69, 9.17) is 9.84 Å². The third-order valence-electron chi connectivity index (χ3n) is 2.60. The Morgan fingerprint density at radius 2 is 2.31 bits per heavy atom. The summed E-state index contributed by atoms with van der Waals surface area (Å²) >= 11 is 0. The molecule has 0 aliphatic carbocycles. The van der Waals surface area contributed by atoms with Crippen molar-refractivity contribution in [3.63, 3.8) is 0 Å². The van der Waals surface area contributed by atoms with Gasteiger partial charge in [0.2, 0.25) is 0 Å². The number of carboxylic acids is 1. The number of fused-ring (bicyclic) bond motifs is 1. The van der Waals surface area contributed by atoms with Crippen molar-refractivity contribution >= 4 is 5.97 Å². The molecule has 4 heteroatoms. The van der Waals surface area contributed by atoms with Crippen LogP contribution in [0.4, 0.5) is 0 Å². The molecule has 2 N–H and O–H groups in total.